The SMILES string of the molecule is CCCC(C)(C)c1ccc(C2CCCC(O)C2)c(O)c1. The number of aliphatic hydroxyl groups excluding tert-OH is 1. The molecular formula is C18H28O2. The van der Waals surface area contributed by atoms with Crippen LogP contribution in [-0.2, 0) is 5.41 Å². The number of hydrogen-bond acceptors (Lipinski definition) is 2. The fourth-order valence-electron chi connectivity index (χ4n) is 3.53. The molecule has 2 atom stereocenters. The molecule has 1 saturated carbocycles. The van der Waals surface area contributed by atoms with Gasteiger partial charge in [-0.2, -0.15) is 0 Å². The molecule has 2 N–H and O–H groups in total. The number of phenolic OH excluding ortho intramolecular Hbond substituents is 1. The molecule has 0 heterocycles. The van der Waals surface area contributed by atoms with Gasteiger partial charge in [0.1, 0.15) is 5.75 Å². The van der Waals surface area contributed by atoms with E-state index in [-0.39, 0.29) is 11.5 Å². The van der Waals surface area contributed by atoms with Crippen LogP contribution >= 0.6 is 0 Å². The van der Waals surface area contributed by atoms with Crippen molar-refractivity contribution in [2.75, 3.05) is 0 Å². The molecular weight excluding hydrogens is 248 g/mol. The average molecular weight is 276 g/mol. The predicted octanol–water partition coefficient (Wildman–Crippen LogP) is 4.49. The lowest BCUT2D eigenvalue weighted by Gasteiger charge is -2.29. The van der Waals surface area contributed by atoms with Crippen molar-refractivity contribution in [1.82, 2.24) is 0 Å². The second-order valence-corrected chi connectivity index (χ2v) is 6.92. The molecule has 1 fully saturated rings. The van der Waals surface area contributed by atoms with Gasteiger partial charge in [-0.05, 0) is 54.2 Å². The van der Waals surface area contributed by atoms with E-state index in [1.54, 1.807) is 0 Å². The van der Waals surface area contributed by atoms with Gasteiger partial charge in [-0.25, -0.2) is 0 Å². The number of benzene rings is 1. The largest absolute Gasteiger partial charge is 0.508 e. The molecule has 0 aromatic heterocycles. The number of aliphatic hydroxyl groups is 1. The summed E-state index contributed by atoms with van der Waals surface area (Å²) in [7, 11) is 0. The predicted molar refractivity (Wildman–Crippen MR) is 83.3 cm³/mol. The quantitative estimate of drug-likeness (QED) is 0.850. The van der Waals surface area contributed by atoms with Gasteiger partial charge in [0.2, 0.25) is 0 Å². The zero-order chi connectivity index (χ0) is 14.8. The van der Waals surface area contributed by atoms with Crippen LogP contribution in [0.5, 0.6) is 5.75 Å². The number of rotatable bonds is 4. The van der Waals surface area contributed by atoms with E-state index in [2.05, 4.69) is 32.9 Å². The molecule has 0 radical (unpaired) electrons. The smallest absolute Gasteiger partial charge is 0.119 e. The van der Waals surface area contributed by atoms with E-state index in [4.69, 9.17) is 0 Å². The lowest BCUT2D eigenvalue weighted by atomic mass is 9.78. The molecule has 2 unspecified atom stereocenters. The zero-order valence-electron chi connectivity index (χ0n) is 13.0. The van der Waals surface area contributed by atoms with E-state index in [9.17, 15) is 10.2 Å². The Labute approximate surface area is 122 Å². The number of phenols is 1. The van der Waals surface area contributed by atoms with Gasteiger partial charge in [-0.15, -0.1) is 0 Å². The van der Waals surface area contributed by atoms with Gasteiger partial charge in [0, 0.05) is 0 Å². The van der Waals surface area contributed by atoms with E-state index >= 15 is 0 Å². The van der Waals surface area contributed by atoms with Crippen molar-refractivity contribution in [2.24, 2.45) is 0 Å². The summed E-state index contributed by atoms with van der Waals surface area (Å²) in [5.41, 5.74) is 2.33. The molecule has 2 heteroatoms. The first kappa shape index (κ1) is 15.4. The highest BCUT2D eigenvalue weighted by atomic mass is 16.3. The van der Waals surface area contributed by atoms with Crippen molar-refractivity contribution in [2.45, 2.75) is 76.7 Å². The molecule has 0 bridgehead atoms. The summed E-state index contributed by atoms with van der Waals surface area (Å²) in [6, 6.07) is 6.17. The van der Waals surface area contributed by atoms with Gasteiger partial charge >= 0.3 is 0 Å². The fourth-order valence-corrected chi connectivity index (χ4v) is 3.53. The van der Waals surface area contributed by atoms with Crippen molar-refractivity contribution in [3.63, 3.8) is 0 Å². The second kappa shape index (κ2) is 6.17. The summed E-state index contributed by atoms with van der Waals surface area (Å²) in [5.74, 6) is 0.716. The Morgan fingerprint density at radius 1 is 1.25 bits per heavy atom. The van der Waals surface area contributed by atoms with Crippen LogP contribution in [0.1, 0.15) is 76.3 Å². The molecule has 20 heavy (non-hydrogen) atoms. The topological polar surface area (TPSA) is 40.5 Å². The maximum atomic E-state index is 10.4. The van der Waals surface area contributed by atoms with Crippen LogP contribution in [0.4, 0.5) is 0 Å². The Morgan fingerprint density at radius 2 is 2.00 bits per heavy atom. The summed E-state index contributed by atoms with van der Waals surface area (Å²) >= 11 is 0. The Bertz CT molecular complexity index is 451. The lowest BCUT2D eigenvalue weighted by molar-refractivity contribution is 0.119. The Kier molecular flexibility index (Phi) is 4.74. The normalized spacial score (nSPS) is 23.8. The standard InChI is InChI=1S/C18H28O2/c1-4-10-18(2,3)14-8-9-16(17(20)12-14)13-6-5-7-15(19)11-13/h8-9,12-13,15,19-20H,4-7,10-11H2,1-3H3. The molecule has 2 nitrogen and oxygen atoms in total. The molecule has 0 spiro atoms. The first-order valence-electron chi connectivity index (χ1n) is 7.95. The van der Waals surface area contributed by atoms with Crippen LogP contribution in [0, 0.1) is 0 Å². The van der Waals surface area contributed by atoms with E-state index in [1.165, 1.54) is 5.56 Å². The number of aromatic hydroxyl groups is 1. The second-order valence-electron chi connectivity index (χ2n) is 6.92. The Balaban J connectivity index is 2.21. The van der Waals surface area contributed by atoms with Crippen molar-refractivity contribution in [3.05, 3.63) is 29.3 Å². The minimum atomic E-state index is -0.204. The Hall–Kier alpha value is -1.02. The van der Waals surface area contributed by atoms with Crippen molar-refractivity contribution in [3.8, 4) is 5.75 Å². The van der Waals surface area contributed by atoms with Crippen LogP contribution in [0.3, 0.4) is 0 Å². The van der Waals surface area contributed by atoms with Gasteiger partial charge in [-0.3, -0.25) is 0 Å². The third-order valence-corrected chi connectivity index (χ3v) is 4.77. The molecule has 0 saturated heterocycles. The molecule has 1 aliphatic carbocycles. The molecule has 1 aromatic rings. The fraction of sp³-hybridized carbons (Fsp3) is 0.667. The lowest BCUT2D eigenvalue weighted by Crippen LogP contribution is -2.19. The summed E-state index contributed by atoms with van der Waals surface area (Å²) in [4.78, 5) is 0. The van der Waals surface area contributed by atoms with Crippen molar-refractivity contribution >= 4 is 0 Å². The third-order valence-electron chi connectivity index (χ3n) is 4.77. The highest BCUT2D eigenvalue weighted by molar-refractivity contribution is 5.41. The summed E-state index contributed by atoms with van der Waals surface area (Å²) in [6.07, 6.45) is 5.86. The number of hydrogen-bond donors (Lipinski definition) is 2. The molecule has 1 aromatic carbocycles. The van der Waals surface area contributed by atoms with Crippen molar-refractivity contribution in [1.29, 1.82) is 0 Å². The van der Waals surface area contributed by atoms with Gasteiger partial charge in [0.15, 0.2) is 0 Å². The van der Waals surface area contributed by atoms with Gasteiger partial charge in [-0.1, -0.05) is 45.7 Å². The van der Waals surface area contributed by atoms with Crippen LogP contribution in [0.2, 0.25) is 0 Å². The van der Waals surface area contributed by atoms with Crippen LogP contribution in [-0.4, -0.2) is 16.3 Å². The molecule has 0 aliphatic heterocycles. The van der Waals surface area contributed by atoms with Crippen LogP contribution in [0.15, 0.2) is 18.2 Å². The Morgan fingerprint density at radius 3 is 2.60 bits per heavy atom. The van der Waals surface area contributed by atoms with Gasteiger partial charge < -0.3 is 10.2 Å². The van der Waals surface area contributed by atoms with E-state index < -0.39 is 0 Å². The zero-order valence-corrected chi connectivity index (χ0v) is 13.0. The first-order valence-corrected chi connectivity index (χ1v) is 7.95. The highest BCUT2D eigenvalue weighted by Crippen LogP contribution is 2.39. The van der Waals surface area contributed by atoms with E-state index in [1.807, 2.05) is 6.07 Å². The summed E-state index contributed by atoms with van der Waals surface area (Å²) < 4.78 is 0. The molecule has 2 rings (SSSR count). The minimum absolute atomic E-state index is 0.108. The minimum Gasteiger partial charge on any atom is -0.508 e. The van der Waals surface area contributed by atoms with E-state index in [0.717, 1.165) is 44.1 Å². The third kappa shape index (κ3) is 3.35. The maximum Gasteiger partial charge on any atom is 0.119 e. The molecule has 0 amide bonds. The average Bonchev–Trinajstić information content (AvgIpc) is 2.38. The summed E-state index contributed by atoms with van der Waals surface area (Å²) in [6.45, 7) is 6.66. The molecule has 1 aliphatic rings. The monoisotopic (exact) mass is 276 g/mol. The van der Waals surface area contributed by atoms with Gasteiger partial charge in [0.05, 0.1) is 6.10 Å². The van der Waals surface area contributed by atoms with Crippen molar-refractivity contribution < 1.29 is 10.2 Å². The van der Waals surface area contributed by atoms with Crippen LogP contribution in [0.25, 0.3) is 0 Å². The first-order chi connectivity index (χ1) is 9.44. The van der Waals surface area contributed by atoms with Crippen LogP contribution < -0.4 is 0 Å². The summed E-state index contributed by atoms with van der Waals surface area (Å²) in [5, 5.41) is 20.2. The highest BCUT2D eigenvalue weighted by Gasteiger charge is 2.25. The van der Waals surface area contributed by atoms with E-state index in [0.29, 0.717) is 11.7 Å². The van der Waals surface area contributed by atoms with Gasteiger partial charge in [0.25, 0.3) is 0 Å². The molecule has 112 valence electrons. The maximum absolute atomic E-state index is 10.4.